The fourth-order valence-electron chi connectivity index (χ4n) is 4.96. The van der Waals surface area contributed by atoms with E-state index in [0.717, 1.165) is 23.1 Å². The number of imidazole rings is 1. The SMILES string of the molecule is COc1nc(N2CC[C@H](CO)C2)cc2c1c(=O)n(-c1cnc3cc(F)ccn13)c(=O)n2-c1ccc(F)c(Cl)c1. The smallest absolute Gasteiger partial charge is 0.342 e. The van der Waals surface area contributed by atoms with Gasteiger partial charge in [0.25, 0.3) is 5.56 Å². The van der Waals surface area contributed by atoms with Crippen molar-refractivity contribution in [2.45, 2.75) is 6.42 Å². The number of hydrogen-bond acceptors (Lipinski definition) is 7. The molecule has 1 saturated heterocycles. The second kappa shape index (κ2) is 9.47. The van der Waals surface area contributed by atoms with Gasteiger partial charge in [-0.2, -0.15) is 4.98 Å². The second-order valence-electron chi connectivity index (χ2n) is 9.21. The minimum atomic E-state index is -0.796. The van der Waals surface area contributed by atoms with Crippen LogP contribution in [0.1, 0.15) is 6.42 Å². The van der Waals surface area contributed by atoms with Crippen LogP contribution >= 0.6 is 11.6 Å². The van der Waals surface area contributed by atoms with Gasteiger partial charge in [-0.15, -0.1) is 0 Å². The molecule has 39 heavy (non-hydrogen) atoms. The third-order valence-corrected chi connectivity index (χ3v) is 7.19. The number of halogens is 3. The lowest BCUT2D eigenvalue weighted by Crippen LogP contribution is -2.39. The van der Waals surface area contributed by atoms with Crippen molar-refractivity contribution >= 4 is 34.0 Å². The van der Waals surface area contributed by atoms with Gasteiger partial charge < -0.3 is 14.7 Å². The molecule has 1 aromatic carbocycles. The molecule has 0 spiro atoms. The standard InChI is InChI=1S/C26H21ClF2N6O4/c1-39-24-23-19(10-21(31-24)32-6-4-14(12-32)13-36)34(16-2-3-18(29)17(27)9-16)26(38)35(25(23)37)22-11-30-20-8-15(28)5-7-33(20)22/h2-3,5,7-11,14,36H,4,6,12-13H2,1H3/t14-/m0/s1. The topological polar surface area (TPSA) is 107 Å². The molecule has 13 heteroatoms. The van der Waals surface area contributed by atoms with Crippen LogP contribution in [0.5, 0.6) is 5.88 Å². The highest BCUT2D eigenvalue weighted by atomic mass is 35.5. The Kier molecular flexibility index (Phi) is 6.07. The summed E-state index contributed by atoms with van der Waals surface area (Å²) in [6.45, 7) is 1.16. The fourth-order valence-corrected chi connectivity index (χ4v) is 5.13. The van der Waals surface area contributed by atoms with Crippen LogP contribution in [0.25, 0.3) is 28.1 Å². The first-order chi connectivity index (χ1) is 18.8. The highest BCUT2D eigenvalue weighted by Crippen LogP contribution is 2.30. The number of aromatic nitrogens is 5. The Morgan fingerprint density at radius 3 is 2.69 bits per heavy atom. The zero-order valence-electron chi connectivity index (χ0n) is 20.5. The van der Waals surface area contributed by atoms with Crippen molar-refractivity contribution in [1.29, 1.82) is 0 Å². The number of pyridine rings is 2. The van der Waals surface area contributed by atoms with E-state index >= 15 is 0 Å². The molecule has 0 unspecified atom stereocenters. The lowest BCUT2D eigenvalue weighted by atomic mass is 10.1. The molecule has 1 aliphatic heterocycles. The molecule has 0 bridgehead atoms. The zero-order valence-corrected chi connectivity index (χ0v) is 21.3. The third kappa shape index (κ3) is 4.03. The van der Waals surface area contributed by atoms with E-state index in [0.29, 0.717) is 18.9 Å². The molecule has 6 rings (SSSR count). The Morgan fingerprint density at radius 1 is 1.15 bits per heavy atom. The van der Waals surface area contributed by atoms with Crippen molar-refractivity contribution in [2.75, 3.05) is 31.7 Å². The lowest BCUT2D eigenvalue weighted by molar-refractivity contribution is 0.238. The summed E-state index contributed by atoms with van der Waals surface area (Å²) in [5, 5.41) is 9.36. The molecule has 4 aromatic heterocycles. The van der Waals surface area contributed by atoms with Gasteiger partial charge in [-0.25, -0.2) is 23.1 Å². The van der Waals surface area contributed by atoms with Gasteiger partial charge in [0.2, 0.25) is 5.88 Å². The number of aliphatic hydroxyl groups is 1. The van der Waals surface area contributed by atoms with E-state index < -0.39 is 22.9 Å². The third-order valence-electron chi connectivity index (χ3n) is 6.90. The number of methoxy groups -OCH3 is 1. The Morgan fingerprint density at radius 2 is 1.97 bits per heavy atom. The molecule has 1 atom stereocenters. The van der Waals surface area contributed by atoms with Gasteiger partial charge in [0.05, 0.1) is 29.5 Å². The molecule has 0 saturated carbocycles. The van der Waals surface area contributed by atoms with Crippen LogP contribution in [0, 0.1) is 17.6 Å². The lowest BCUT2D eigenvalue weighted by Gasteiger charge is -2.21. The van der Waals surface area contributed by atoms with Crippen LogP contribution < -0.4 is 20.9 Å². The van der Waals surface area contributed by atoms with E-state index in [4.69, 9.17) is 16.3 Å². The second-order valence-corrected chi connectivity index (χ2v) is 9.62. The first-order valence-electron chi connectivity index (χ1n) is 12.0. The van der Waals surface area contributed by atoms with E-state index in [2.05, 4.69) is 9.97 Å². The zero-order chi connectivity index (χ0) is 27.4. The molecule has 1 aliphatic rings. The summed E-state index contributed by atoms with van der Waals surface area (Å²) in [4.78, 5) is 38.7. The van der Waals surface area contributed by atoms with Gasteiger partial charge in [-0.3, -0.25) is 13.8 Å². The van der Waals surface area contributed by atoms with Gasteiger partial charge in [0, 0.05) is 43.9 Å². The summed E-state index contributed by atoms with van der Waals surface area (Å²) in [5.41, 5.74) is -0.996. The summed E-state index contributed by atoms with van der Waals surface area (Å²) in [7, 11) is 1.36. The number of rotatable bonds is 5. The summed E-state index contributed by atoms with van der Waals surface area (Å²) in [6, 6.07) is 7.69. The normalized spacial score (nSPS) is 15.5. The first kappa shape index (κ1) is 25.0. The van der Waals surface area contributed by atoms with Crippen LogP contribution in [0.3, 0.4) is 0 Å². The number of aliphatic hydroxyl groups excluding tert-OH is 1. The quantitative estimate of drug-likeness (QED) is 0.356. The van der Waals surface area contributed by atoms with Gasteiger partial charge in [-0.1, -0.05) is 11.6 Å². The van der Waals surface area contributed by atoms with Gasteiger partial charge in [-0.05, 0) is 30.7 Å². The van der Waals surface area contributed by atoms with E-state index in [1.54, 1.807) is 6.07 Å². The molecule has 1 N–H and O–H groups in total. The summed E-state index contributed by atoms with van der Waals surface area (Å²) in [5.74, 6) is -0.691. The number of hydrogen-bond donors (Lipinski definition) is 1. The maximum absolute atomic E-state index is 14.1. The molecule has 0 aliphatic carbocycles. The minimum absolute atomic E-state index is 0.0173. The van der Waals surface area contributed by atoms with E-state index in [1.165, 1.54) is 46.7 Å². The van der Waals surface area contributed by atoms with Crippen molar-refractivity contribution in [2.24, 2.45) is 5.92 Å². The largest absolute Gasteiger partial charge is 0.480 e. The van der Waals surface area contributed by atoms with Crippen LogP contribution in [0.2, 0.25) is 5.02 Å². The molecule has 1 fully saturated rings. The highest BCUT2D eigenvalue weighted by molar-refractivity contribution is 6.30. The monoisotopic (exact) mass is 554 g/mol. The van der Waals surface area contributed by atoms with E-state index in [9.17, 15) is 23.5 Å². The van der Waals surface area contributed by atoms with Crippen molar-refractivity contribution in [3.05, 3.63) is 86.3 Å². The molecule has 5 heterocycles. The first-order valence-corrected chi connectivity index (χ1v) is 12.4. The molecule has 10 nitrogen and oxygen atoms in total. The molecule has 0 amide bonds. The predicted octanol–water partition coefficient (Wildman–Crippen LogP) is 2.94. The van der Waals surface area contributed by atoms with Gasteiger partial charge in [0.15, 0.2) is 0 Å². The summed E-state index contributed by atoms with van der Waals surface area (Å²) >= 11 is 6.08. The van der Waals surface area contributed by atoms with Crippen LogP contribution in [-0.2, 0) is 0 Å². The van der Waals surface area contributed by atoms with Crippen molar-refractivity contribution in [3.63, 3.8) is 0 Å². The average molecular weight is 555 g/mol. The molecule has 5 aromatic rings. The maximum Gasteiger partial charge on any atom is 0.342 e. The Bertz CT molecular complexity index is 1890. The number of fused-ring (bicyclic) bond motifs is 2. The predicted molar refractivity (Wildman–Crippen MR) is 141 cm³/mol. The summed E-state index contributed by atoms with van der Waals surface area (Å²) in [6.07, 6.45) is 3.38. The Balaban J connectivity index is 1.72. The Labute approximate surface area is 223 Å². The molecule has 0 radical (unpaired) electrons. The molecule has 200 valence electrons. The number of nitrogens with zero attached hydrogens (tertiary/aromatic N) is 6. The highest BCUT2D eigenvalue weighted by Gasteiger charge is 2.27. The van der Waals surface area contributed by atoms with Gasteiger partial charge >= 0.3 is 5.69 Å². The van der Waals surface area contributed by atoms with E-state index in [1.807, 2.05) is 4.90 Å². The maximum atomic E-state index is 14.1. The number of ether oxygens (including phenoxy) is 1. The van der Waals surface area contributed by atoms with E-state index in [-0.39, 0.29) is 51.5 Å². The fraction of sp³-hybridized carbons (Fsp3) is 0.231. The van der Waals surface area contributed by atoms with Crippen LogP contribution in [-0.4, -0.2) is 55.4 Å². The average Bonchev–Trinajstić information content (AvgIpc) is 3.57. The number of benzene rings is 1. The van der Waals surface area contributed by atoms with Crippen molar-refractivity contribution < 1.29 is 18.6 Å². The van der Waals surface area contributed by atoms with Crippen molar-refractivity contribution in [1.82, 2.24) is 23.5 Å². The molecular weight excluding hydrogens is 534 g/mol. The minimum Gasteiger partial charge on any atom is -0.480 e. The number of anilines is 1. The van der Waals surface area contributed by atoms with Crippen molar-refractivity contribution in [3.8, 4) is 17.4 Å². The Hall–Kier alpha value is -4.29. The van der Waals surface area contributed by atoms with Crippen LogP contribution in [0.4, 0.5) is 14.6 Å². The summed E-state index contributed by atoms with van der Waals surface area (Å²) < 4.78 is 36.9. The molecular formula is C26H21ClF2N6O4. The van der Waals surface area contributed by atoms with Crippen LogP contribution in [0.15, 0.2) is 58.4 Å². The van der Waals surface area contributed by atoms with Gasteiger partial charge in [0.1, 0.15) is 34.3 Å².